The predicted octanol–water partition coefficient (Wildman–Crippen LogP) is 2.85. The first kappa shape index (κ1) is 21.2. The fourth-order valence-corrected chi connectivity index (χ4v) is 5.08. The van der Waals surface area contributed by atoms with E-state index in [-0.39, 0.29) is 11.9 Å². The normalized spacial score (nSPS) is 21.4. The van der Waals surface area contributed by atoms with Gasteiger partial charge in [0.15, 0.2) is 0 Å². The number of carbonyl (C=O) groups excluding carboxylic acids is 1. The Morgan fingerprint density at radius 3 is 2.87 bits per heavy atom. The first-order chi connectivity index (χ1) is 14.7. The lowest BCUT2D eigenvalue weighted by Crippen LogP contribution is -2.42. The molecular weight excluding hydrogens is 398 g/mol. The van der Waals surface area contributed by atoms with Crippen molar-refractivity contribution in [2.24, 2.45) is 5.92 Å². The smallest absolute Gasteiger partial charge is 0.220 e. The molecular formula is C22H31N5O2S. The highest BCUT2D eigenvalue weighted by Crippen LogP contribution is 2.31. The van der Waals surface area contributed by atoms with Crippen LogP contribution in [0, 0.1) is 5.92 Å². The largest absolute Gasteiger partial charge is 0.378 e. The topological polar surface area (TPSA) is 70.6 Å². The highest BCUT2D eigenvalue weighted by molar-refractivity contribution is 7.09. The van der Waals surface area contributed by atoms with Crippen LogP contribution in [0.2, 0.25) is 0 Å². The monoisotopic (exact) mass is 429 g/mol. The maximum Gasteiger partial charge on any atom is 0.220 e. The molecule has 0 radical (unpaired) electrons. The van der Waals surface area contributed by atoms with E-state index in [0.717, 1.165) is 69.6 Å². The van der Waals surface area contributed by atoms with Crippen molar-refractivity contribution in [2.75, 3.05) is 44.3 Å². The van der Waals surface area contributed by atoms with E-state index in [9.17, 15) is 4.79 Å². The van der Waals surface area contributed by atoms with Crippen molar-refractivity contribution in [3.05, 3.63) is 40.5 Å². The average molecular weight is 430 g/mol. The summed E-state index contributed by atoms with van der Waals surface area (Å²) < 4.78 is 5.43. The van der Waals surface area contributed by atoms with E-state index in [1.165, 1.54) is 5.56 Å². The molecule has 1 N–H and O–H groups in total. The molecule has 2 fully saturated rings. The second kappa shape index (κ2) is 10.3. The number of thiazole rings is 1. The van der Waals surface area contributed by atoms with Crippen LogP contribution in [0.5, 0.6) is 0 Å². The van der Waals surface area contributed by atoms with E-state index in [1.54, 1.807) is 11.3 Å². The predicted molar refractivity (Wildman–Crippen MR) is 119 cm³/mol. The molecule has 8 heteroatoms. The van der Waals surface area contributed by atoms with E-state index >= 15 is 0 Å². The summed E-state index contributed by atoms with van der Waals surface area (Å²) in [5, 5.41) is 6.22. The van der Waals surface area contributed by atoms with Crippen molar-refractivity contribution in [1.82, 2.24) is 20.2 Å². The second-order valence-electron chi connectivity index (χ2n) is 8.03. The number of nitrogens with one attached hydrogen (secondary N) is 1. The van der Waals surface area contributed by atoms with Crippen LogP contribution in [0.15, 0.2) is 29.9 Å². The SMILES string of the molecule is CCC(=O)N[C@@H](c1nccs1)[C@H]1CCCN(Cc2ccc(N3CCOCC3)nc2)C1. The summed E-state index contributed by atoms with van der Waals surface area (Å²) in [7, 11) is 0. The molecule has 0 unspecified atom stereocenters. The Balaban J connectivity index is 1.38. The summed E-state index contributed by atoms with van der Waals surface area (Å²) >= 11 is 1.63. The number of hydrogen-bond donors (Lipinski definition) is 1. The number of piperidine rings is 1. The number of ether oxygens (including phenoxy) is 1. The number of nitrogens with zero attached hydrogens (tertiary/aromatic N) is 4. The number of hydrogen-bond acceptors (Lipinski definition) is 7. The molecule has 2 atom stereocenters. The standard InChI is InChI=1S/C22H31N5O2S/c1-2-20(28)25-21(22-23-7-13-30-22)18-4-3-8-26(16-18)15-17-5-6-19(24-14-17)27-9-11-29-12-10-27/h5-7,13-14,18,21H,2-4,8-12,15-16H2,1H3,(H,25,28)/t18-,21+/m0/s1. The molecule has 0 spiro atoms. The fraction of sp³-hybridized carbons (Fsp3) is 0.591. The molecule has 162 valence electrons. The fourth-order valence-electron chi connectivity index (χ4n) is 4.30. The maximum absolute atomic E-state index is 12.1. The Morgan fingerprint density at radius 2 is 2.17 bits per heavy atom. The van der Waals surface area contributed by atoms with E-state index in [4.69, 9.17) is 9.72 Å². The van der Waals surface area contributed by atoms with Gasteiger partial charge in [0.2, 0.25) is 5.91 Å². The number of anilines is 1. The molecule has 0 aromatic carbocycles. The summed E-state index contributed by atoms with van der Waals surface area (Å²) in [6, 6.07) is 4.32. The van der Waals surface area contributed by atoms with Crippen LogP contribution in [-0.4, -0.2) is 60.2 Å². The van der Waals surface area contributed by atoms with Gasteiger partial charge in [0.1, 0.15) is 10.8 Å². The van der Waals surface area contributed by atoms with Crippen LogP contribution in [0.3, 0.4) is 0 Å². The third kappa shape index (κ3) is 5.36. The molecule has 30 heavy (non-hydrogen) atoms. The molecule has 4 rings (SSSR count). The van der Waals surface area contributed by atoms with Gasteiger partial charge >= 0.3 is 0 Å². The van der Waals surface area contributed by atoms with Crippen molar-refractivity contribution < 1.29 is 9.53 Å². The highest BCUT2D eigenvalue weighted by Gasteiger charge is 2.31. The molecule has 2 aromatic heterocycles. The number of amides is 1. The van der Waals surface area contributed by atoms with Gasteiger partial charge in [0.05, 0.1) is 19.3 Å². The average Bonchev–Trinajstić information content (AvgIpc) is 3.33. The summed E-state index contributed by atoms with van der Waals surface area (Å²) in [4.78, 5) is 26.1. The number of carbonyl (C=O) groups is 1. The maximum atomic E-state index is 12.1. The first-order valence-corrected chi connectivity index (χ1v) is 11.8. The van der Waals surface area contributed by atoms with Crippen molar-refractivity contribution in [3.63, 3.8) is 0 Å². The number of likely N-dealkylation sites (tertiary alicyclic amines) is 1. The van der Waals surface area contributed by atoms with Crippen LogP contribution in [0.1, 0.15) is 42.8 Å². The number of rotatable bonds is 7. The van der Waals surface area contributed by atoms with Crippen molar-refractivity contribution in [2.45, 2.75) is 38.8 Å². The van der Waals surface area contributed by atoms with E-state index < -0.39 is 0 Å². The Labute approximate surface area is 182 Å². The van der Waals surface area contributed by atoms with Gasteiger partial charge in [-0.25, -0.2) is 9.97 Å². The van der Waals surface area contributed by atoms with Crippen LogP contribution < -0.4 is 10.2 Å². The molecule has 2 saturated heterocycles. The van der Waals surface area contributed by atoms with Gasteiger partial charge in [-0.05, 0) is 36.9 Å². The number of aromatic nitrogens is 2. The molecule has 2 aliphatic heterocycles. The highest BCUT2D eigenvalue weighted by atomic mass is 32.1. The molecule has 4 heterocycles. The number of morpholine rings is 1. The van der Waals surface area contributed by atoms with Gasteiger partial charge in [-0.1, -0.05) is 13.0 Å². The first-order valence-electron chi connectivity index (χ1n) is 10.9. The van der Waals surface area contributed by atoms with Gasteiger partial charge < -0.3 is 15.0 Å². The lowest BCUT2D eigenvalue weighted by atomic mass is 9.90. The van der Waals surface area contributed by atoms with Crippen LogP contribution in [-0.2, 0) is 16.1 Å². The lowest BCUT2D eigenvalue weighted by molar-refractivity contribution is -0.122. The van der Waals surface area contributed by atoms with Crippen LogP contribution in [0.4, 0.5) is 5.82 Å². The molecule has 1 amide bonds. The third-order valence-corrected chi connectivity index (χ3v) is 6.78. The van der Waals surface area contributed by atoms with Gasteiger partial charge in [0, 0.05) is 50.4 Å². The Morgan fingerprint density at radius 1 is 1.30 bits per heavy atom. The minimum absolute atomic E-state index is 0.00192. The summed E-state index contributed by atoms with van der Waals surface area (Å²) in [6.45, 7) is 8.17. The number of pyridine rings is 1. The van der Waals surface area contributed by atoms with Gasteiger partial charge in [0.25, 0.3) is 0 Å². The van der Waals surface area contributed by atoms with Crippen molar-refractivity contribution in [3.8, 4) is 0 Å². The quantitative estimate of drug-likeness (QED) is 0.730. The minimum atomic E-state index is 0.00192. The minimum Gasteiger partial charge on any atom is -0.378 e. The summed E-state index contributed by atoms with van der Waals surface area (Å²) in [5.74, 6) is 1.50. The molecule has 7 nitrogen and oxygen atoms in total. The van der Waals surface area contributed by atoms with Crippen LogP contribution >= 0.6 is 11.3 Å². The summed E-state index contributed by atoms with van der Waals surface area (Å²) in [6.07, 6.45) is 6.57. The summed E-state index contributed by atoms with van der Waals surface area (Å²) in [5.41, 5.74) is 1.23. The van der Waals surface area contributed by atoms with Gasteiger partial charge in [-0.2, -0.15) is 0 Å². The van der Waals surface area contributed by atoms with E-state index in [1.807, 2.05) is 24.7 Å². The van der Waals surface area contributed by atoms with Crippen molar-refractivity contribution in [1.29, 1.82) is 0 Å². The second-order valence-corrected chi connectivity index (χ2v) is 8.96. The van der Waals surface area contributed by atoms with E-state index in [0.29, 0.717) is 12.3 Å². The molecule has 0 saturated carbocycles. The molecule has 2 aromatic rings. The Hall–Kier alpha value is -2.03. The van der Waals surface area contributed by atoms with Crippen molar-refractivity contribution >= 4 is 23.1 Å². The Kier molecular flexibility index (Phi) is 7.30. The third-order valence-electron chi connectivity index (χ3n) is 5.92. The zero-order valence-corrected chi connectivity index (χ0v) is 18.4. The van der Waals surface area contributed by atoms with Gasteiger partial charge in [-0.3, -0.25) is 9.69 Å². The molecule has 2 aliphatic rings. The zero-order valence-electron chi connectivity index (χ0n) is 17.6. The van der Waals surface area contributed by atoms with Gasteiger partial charge in [-0.15, -0.1) is 11.3 Å². The molecule has 0 aliphatic carbocycles. The zero-order chi connectivity index (χ0) is 20.8. The Bertz CT molecular complexity index is 792. The van der Waals surface area contributed by atoms with Crippen LogP contribution in [0.25, 0.3) is 0 Å². The lowest BCUT2D eigenvalue weighted by Gasteiger charge is -2.36. The van der Waals surface area contributed by atoms with E-state index in [2.05, 4.69) is 32.2 Å². The molecule has 0 bridgehead atoms.